The van der Waals surface area contributed by atoms with Gasteiger partial charge < -0.3 is 19.7 Å². The minimum atomic E-state index is -0.242. The van der Waals surface area contributed by atoms with E-state index < -0.39 is 0 Å². The van der Waals surface area contributed by atoms with Crippen LogP contribution in [0.15, 0.2) is 46.9 Å². The maximum Gasteiger partial charge on any atom is 0.255 e. The van der Waals surface area contributed by atoms with E-state index in [1.807, 2.05) is 4.90 Å². The highest BCUT2D eigenvalue weighted by atomic mass is 79.9. The summed E-state index contributed by atoms with van der Waals surface area (Å²) in [6, 6.07) is 12.4. The fraction of sp³-hybridized carbons (Fsp3) is 0.417. The average Bonchev–Trinajstić information content (AvgIpc) is 3.32. The molecule has 0 aliphatic carbocycles. The third kappa shape index (κ3) is 5.66. The molecule has 7 heteroatoms. The number of anilines is 1. The number of hydrogen-bond donors (Lipinski definition) is 1. The Morgan fingerprint density at radius 2 is 1.90 bits per heavy atom. The second kappa shape index (κ2) is 10.3. The van der Waals surface area contributed by atoms with Crippen molar-refractivity contribution in [2.75, 3.05) is 31.6 Å². The van der Waals surface area contributed by atoms with Crippen LogP contribution in [0, 0.1) is 0 Å². The molecule has 6 nitrogen and oxygen atoms in total. The molecule has 0 aromatic heterocycles. The Bertz CT molecular complexity index is 937. The zero-order valence-corrected chi connectivity index (χ0v) is 19.0. The summed E-state index contributed by atoms with van der Waals surface area (Å²) < 4.78 is 12.1. The summed E-state index contributed by atoms with van der Waals surface area (Å²) in [7, 11) is 0. The number of carbonyl (C=O) groups is 2. The van der Waals surface area contributed by atoms with E-state index in [-0.39, 0.29) is 17.9 Å². The van der Waals surface area contributed by atoms with Crippen molar-refractivity contribution >= 4 is 33.4 Å². The number of nitrogens with one attached hydrogen (secondary N) is 1. The summed E-state index contributed by atoms with van der Waals surface area (Å²) in [5.74, 6) is 0.460. The van der Waals surface area contributed by atoms with Gasteiger partial charge in [-0.25, -0.2) is 0 Å². The first kappa shape index (κ1) is 21.8. The van der Waals surface area contributed by atoms with Gasteiger partial charge in [0.15, 0.2) is 0 Å². The average molecular weight is 487 g/mol. The lowest BCUT2D eigenvalue weighted by atomic mass is 10.1. The van der Waals surface area contributed by atoms with E-state index in [0.29, 0.717) is 33.6 Å². The van der Waals surface area contributed by atoms with Gasteiger partial charge in [0.05, 0.1) is 10.6 Å². The van der Waals surface area contributed by atoms with Crippen LogP contribution >= 0.6 is 15.9 Å². The highest BCUT2D eigenvalue weighted by Gasteiger charge is 2.19. The minimum absolute atomic E-state index is 0.0197. The molecule has 1 N–H and O–H groups in total. The Hall–Kier alpha value is -2.38. The summed E-state index contributed by atoms with van der Waals surface area (Å²) >= 11 is 3.49. The van der Waals surface area contributed by atoms with Gasteiger partial charge in [0.1, 0.15) is 12.4 Å². The summed E-state index contributed by atoms with van der Waals surface area (Å²) in [5, 5.41) is 2.89. The third-order valence-corrected chi connectivity index (χ3v) is 6.27. The lowest BCUT2D eigenvalue weighted by molar-refractivity contribution is 0.0677. The molecule has 0 bridgehead atoms. The van der Waals surface area contributed by atoms with Gasteiger partial charge in [0, 0.05) is 36.5 Å². The van der Waals surface area contributed by atoms with Crippen LogP contribution in [0.1, 0.15) is 52.8 Å². The number of rotatable bonds is 6. The van der Waals surface area contributed by atoms with Gasteiger partial charge in [-0.2, -0.15) is 0 Å². The Kier molecular flexibility index (Phi) is 7.25. The SMILES string of the molecule is O=C(Nc1cccc(C(=O)N2CCCCC2)c1)c1ccc(OCC2CCCO2)c(Br)c1. The molecule has 2 aliphatic rings. The molecule has 2 amide bonds. The lowest BCUT2D eigenvalue weighted by Crippen LogP contribution is -2.35. The number of halogens is 1. The van der Waals surface area contributed by atoms with Crippen LogP contribution in [-0.4, -0.2) is 49.1 Å². The molecule has 2 heterocycles. The first-order valence-corrected chi connectivity index (χ1v) is 11.6. The predicted molar refractivity (Wildman–Crippen MR) is 123 cm³/mol. The van der Waals surface area contributed by atoms with Crippen LogP contribution in [0.25, 0.3) is 0 Å². The first-order valence-electron chi connectivity index (χ1n) is 10.8. The smallest absolute Gasteiger partial charge is 0.255 e. The van der Waals surface area contributed by atoms with Gasteiger partial charge in [-0.3, -0.25) is 9.59 Å². The second-order valence-corrected chi connectivity index (χ2v) is 8.83. The fourth-order valence-electron chi connectivity index (χ4n) is 3.93. The van der Waals surface area contributed by atoms with Crippen molar-refractivity contribution in [3.8, 4) is 5.75 Å². The van der Waals surface area contributed by atoms with Crippen molar-refractivity contribution in [3.05, 3.63) is 58.1 Å². The van der Waals surface area contributed by atoms with Gasteiger partial charge in [0.2, 0.25) is 0 Å². The topological polar surface area (TPSA) is 67.9 Å². The van der Waals surface area contributed by atoms with E-state index in [1.54, 1.807) is 42.5 Å². The van der Waals surface area contributed by atoms with E-state index in [1.165, 1.54) is 6.42 Å². The van der Waals surface area contributed by atoms with Gasteiger partial charge >= 0.3 is 0 Å². The van der Waals surface area contributed by atoms with Crippen molar-refractivity contribution in [1.82, 2.24) is 4.90 Å². The molecule has 1 atom stereocenters. The second-order valence-electron chi connectivity index (χ2n) is 7.98. The Labute approximate surface area is 191 Å². The van der Waals surface area contributed by atoms with E-state index in [2.05, 4.69) is 21.2 Å². The van der Waals surface area contributed by atoms with Gasteiger partial charge in [0.25, 0.3) is 11.8 Å². The number of benzene rings is 2. The molecule has 0 saturated carbocycles. The minimum Gasteiger partial charge on any atom is -0.490 e. The van der Waals surface area contributed by atoms with Gasteiger partial charge in [-0.05, 0) is 84.4 Å². The maximum absolute atomic E-state index is 12.7. The largest absolute Gasteiger partial charge is 0.490 e. The lowest BCUT2D eigenvalue weighted by Gasteiger charge is -2.26. The molecule has 31 heavy (non-hydrogen) atoms. The Morgan fingerprint density at radius 3 is 2.65 bits per heavy atom. The van der Waals surface area contributed by atoms with Crippen LogP contribution < -0.4 is 10.1 Å². The van der Waals surface area contributed by atoms with Crippen LogP contribution in [0.3, 0.4) is 0 Å². The monoisotopic (exact) mass is 486 g/mol. The van der Waals surface area contributed by atoms with Crippen LogP contribution in [0.5, 0.6) is 5.75 Å². The molecule has 2 aromatic rings. The maximum atomic E-state index is 12.7. The number of amides is 2. The van der Waals surface area contributed by atoms with Crippen molar-refractivity contribution in [2.24, 2.45) is 0 Å². The molecular formula is C24H27BrN2O4. The molecule has 2 fully saturated rings. The molecule has 4 rings (SSSR count). The third-order valence-electron chi connectivity index (χ3n) is 5.65. The summed E-state index contributed by atoms with van der Waals surface area (Å²) in [4.78, 5) is 27.4. The molecular weight excluding hydrogens is 460 g/mol. The van der Waals surface area contributed by atoms with Crippen molar-refractivity contribution in [2.45, 2.75) is 38.2 Å². The zero-order chi connectivity index (χ0) is 21.6. The number of hydrogen-bond acceptors (Lipinski definition) is 4. The van der Waals surface area contributed by atoms with Crippen LogP contribution in [0.4, 0.5) is 5.69 Å². The van der Waals surface area contributed by atoms with Crippen LogP contribution in [0.2, 0.25) is 0 Å². The normalized spacial score (nSPS) is 18.6. The Morgan fingerprint density at radius 1 is 1.06 bits per heavy atom. The van der Waals surface area contributed by atoms with E-state index in [4.69, 9.17) is 9.47 Å². The van der Waals surface area contributed by atoms with E-state index in [0.717, 1.165) is 45.4 Å². The van der Waals surface area contributed by atoms with Gasteiger partial charge in [-0.15, -0.1) is 0 Å². The highest BCUT2D eigenvalue weighted by Crippen LogP contribution is 2.27. The molecule has 2 saturated heterocycles. The quantitative estimate of drug-likeness (QED) is 0.631. The summed E-state index contributed by atoms with van der Waals surface area (Å²) in [5.41, 5.74) is 1.70. The molecule has 164 valence electrons. The number of ether oxygens (including phenoxy) is 2. The standard InChI is InChI=1S/C24H27BrN2O4/c25-21-15-17(9-10-22(21)31-16-20-8-5-13-30-20)23(28)26-19-7-4-6-18(14-19)24(29)27-11-2-1-3-12-27/h4,6-7,9-10,14-15,20H,1-3,5,8,11-13,16H2,(H,26,28). The molecule has 0 spiro atoms. The molecule has 1 unspecified atom stereocenters. The number of piperidine rings is 1. The fourth-order valence-corrected chi connectivity index (χ4v) is 4.42. The summed E-state index contributed by atoms with van der Waals surface area (Å²) in [6.07, 6.45) is 5.48. The van der Waals surface area contributed by atoms with E-state index >= 15 is 0 Å². The Balaban J connectivity index is 1.38. The van der Waals surface area contributed by atoms with Crippen molar-refractivity contribution < 1.29 is 19.1 Å². The van der Waals surface area contributed by atoms with Crippen molar-refractivity contribution in [3.63, 3.8) is 0 Å². The highest BCUT2D eigenvalue weighted by molar-refractivity contribution is 9.10. The number of carbonyl (C=O) groups excluding carboxylic acids is 2. The molecule has 2 aliphatic heterocycles. The first-order chi connectivity index (χ1) is 15.1. The predicted octanol–water partition coefficient (Wildman–Crippen LogP) is 4.89. The van der Waals surface area contributed by atoms with Crippen LogP contribution in [-0.2, 0) is 4.74 Å². The number of nitrogens with zero attached hydrogens (tertiary/aromatic N) is 1. The number of likely N-dealkylation sites (tertiary alicyclic amines) is 1. The summed E-state index contributed by atoms with van der Waals surface area (Å²) in [6.45, 7) is 2.89. The van der Waals surface area contributed by atoms with Gasteiger partial charge in [-0.1, -0.05) is 6.07 Å². The van der Waals surface area contributed by atoms with E-state index in [9.17, 15) is 9.59 Å². The van der Waals surface area contributed by atoms with Crippen molar-refractivity contribution in [1.29, 1.82) is 0 Å². The molecule has 0 radical (unpaired) electrons. The zero-order valence-electron chi connectivity index (χ0n) is 17.4. The molecule has 2 aromatic carbocycles.